The van der Waals surface area contributed by atoms with E-state index in [1.807, 2.05) is 0 Å². The SMILES string of the molecule is Cc1cc2c(cc1-c1ccccc1)-c1ccc(CC(C)C(C)c3ccccc3)[c-]c1C2.[Cl-].[Cl-].[Zr+3]. The second-order valence-electron chi connectivity index (χ2n) is 9.12. The van der Waals surface area contributed by atoms with Gasteiger partial charge in [-0.2, -0.15) is 23.8 Å². The number of benzene rings is 4. The molecule has 1 aliphatic carbocycles. The first-order valence-corrected chi connectivity index (χ1v) is 11.4. The Balaban J connectivity index is 0.00000136. The summed E-state index contributed by atoms with van der Waals surface area (Å²) in [6.45, 7) is 6.94. The van der Waals surface area contributed by atoms with Crippen molar-refractivity contribution in [2.24, 2.45) is 5.92 Å². The number of hydrogen-bond donors (Lipinski definition) is 0. The van der Waals surface area contributed by atoms with Crippen LogP contribution in [0.5, 0.6) is 0 Å². The molecule has 3 heteroatoms. The summed E-state index contributed by atoms with van der Waals surface area (Å²) in [6.07, 6.45) is 2.06. The predicted molar refractivity (Wildman–Crippen MR) is 131 cm³/mol. The second-order valence-corrected chi connectivity index (χ2v) is 9.12. The molecule has 171 valence electrons. The smallest absolute Gasteiger partial charge is 1.00 e. The molecule has 0 amide bonds. The molecule has 4 aromatic rings. The molecule has 0 bridgehead atoms. The van der Waals surface area contributed by atoms with Gasteiger partial charge in [-0.1, -0.05) is 92.2 Å². The van der Waals surface area contributed by atoms with Crippen molar-refractivity contribution in [3.63, 3.8) is 0 Å². The Morgan fingerprint density at radius 2 is 1.41 bits per heavy atom. The maximum Gasteiger partial charge on any atom is 3.00 e. The first-order chi connectivity index (χ1) is 15.1. The van der Waals surface area contributed by atoms with Gasteiger partial charge in [0.1, 0.15) is 0 Å². The molecule has 0 fully saturated rings. The minimum Gasteiger partial charge on any atom is -1.00 e. The van der Waals surface area contributed by atoms with E-state index in [4.69, 9.17) is 0 Å². The van der Waals surface area contributed by atoms with Gasteiger partial charge in [-0.25, -0.2) is 0 Å². The van der Waals surface area contributed by atoms with Crippen LogP contribution in [0.2, 0.25) is 0 Å². The molecule has 2 unspecified atom stereocenters. The zero-order valence-corrected chi connectivity index (χ0v) is 23.9. The summed E-state index contributed by atoms with van der Waals surface area (Å²) in [6, 6.07) is 34.8. The number of aryl methyl sites for hydroxylation is 1. The molecule has 0 saturated heterocycles. The summed E-state index contributed by atoms with van der Waals surface area (Å²) in [7, 11) is 0. The van der Waals surface area contributed by atoms with Crippen molar-refractivity contribution in [2.45, 2.75) is 39.5 Å². The molecule has 2 atom stereocenters. The van der Waals surface area contributed by atoms with Gasteiger partial charge in [0.2, 0.25) is 0 Å². The fourth-order valence-electron chi connectivity index (χ4n) is 4.99. The van der Waals surface area contributed by atoms with Crippen LogP contribution in [0.15, 0.2) is 84.9 Å². The van der Waals surface area contributed by atoms with E-state index < -0.39 is 0 Å². The van der Waals surface area contributed by atoms with Gasteiger partial charge in [-0.15, -0.1) is 11.1 Å². The van der Waals surface area contributed by atoms with Crippen molar-refractivity contribution in [1.29, 1.82) is 0 Å². The first-order valence-electron chi connectivity index (χ1n) is 11.4. The van der Waals surface area contributed by atoms with Gasteiger partial charge in [-0.3, -0.25) is 0 Å². The van der Waals surface area contributed by atoms with Crippen LogP contribution in [0.1, 0.15) is 47.6 Å². The quantitative estimate of drug-likeness (QED) is 0.287. The van der Waals surface area contributed by atoms with E-state index in [9.17, 15) is 0 Å². The van der Waals surface area contributed by atoms with Crippen molar-refractivity contribution in [1.82, 2.24) is 0 Å². The molecule has 0 saturated carbocycles. The topological polar surface area (TPSA) is 0 Å². The largest absolute Gasteiger partial charge is 3.00 e. The predicted octanol–water partition coefficient (Wildman–Crippen LogP) is 2.02. The van der Waals surface area contributed by atoms with Crippen LogP contribution in [-0.4, -0.2) is 0 Å². The maximum atomic E-state index is 3.79. The minimum absolute atomic E-state index is 0. The van der Waals surface area contributed by atoms with Crippen LogP contribution < -0.4 is 24.8 Å². The van der Waals surface area contributed by atoms with Gasteiger partial charge in [-0.05, 0) is 59.4 Å². The fourth-order valence-corrected chi connectivity index (χ4v) is 4.99. The van der Waals surface area contributed by atoms with Crippen LogP contribution in [0, 0.1) is 18.9 Å². The van der Waals surface area contributed by atoms with E-state index in [0.29, 0.717) is 11.8 Å². The van der Waals surface area contributed by atoms with Gasteiger partial charge < -0.3 is 24.8 Å². The maximum absolute atomic E-state index is 3.79. The van der Waals surface area contributed by atoms with E-state index in [-0.39, 0.29) is 51.0 Å². The van der Waals surface area contributed by atoms with Crippen molar-refractivity contribution in [3.05, 3.63) is 119 Å². The number of rotatable bonds is 5. The van der Waals surface area contributed by atoms with Crippen LogP contribution in [0.3, 0.4) is 0 Å². The molecule has 1 radical (unpaired) electrons. The Kier molecular flexibility index (Phi) is 10.4. The van der Waals surface area contributed by atoms with Crippen LogP contribution in [-0.2, 0) is 39.0 Å². The molecular formula is C31H29Cl2Zr. The number of fused-ring (bicyclic) bond motifs is 3. The van der Waals surface area contributed by atoms with Gasteiger partial charge in [0.05, 0.1) is 0 Å². The molecule has 4 aromatic carbocycles. The summed E-state index contributed by atoms with van der Waals surface area (Å²) in [5, 5.41) is 0. The zero-order valence-electron chi connectivity index (χ0n) is 19.9. The van der Waals surface area contributed by atoms with E-state index in [1.54, 1.807) is 0 Å². The van der Waals surface area contributed by atoms with Crippen molar-refractivity contribution < 1.29 is 51.0 Å². The Morgan fingerprint density at radius 1 is 0.765 bits per heavy atom. The van der Waals surface area contributed by atoms with Gasteiger partial charge in [0.25, 0.3) is 0 Å². The number of hydrogen-bond acceptors (Lipinski definition) is 0. The molecule has 0 heterocycles. The van der Waals surface area contributed by atoms with Gasteiger partial charge in [0.15, 0.2) is 0 Å². The summed E-state index contributed by atoms with van der Waals surface area (Å²) in [5.41, 5.74) is 12.3. The van der Waals surface area contributed by atoms with Crippen molar-refractivity contribution in [2.75, 3.05) is 0 Å². The molecule has 0 aromatic heterocycles. The fraction of sp³-hybridized carbons (Fsp3) is 0.226. The van der Waals surface area contributed by atoms with Crippen molar-refractivity contribution >= 4 is 0 Å². The average molecular weight is 564 g/mol. The molecule has 34 heavy (non-hydrogen) atoms. The van der Waals surface area contributed by atoms with Gasteiger partial charge >= 0.3 is 26.2 Å². The van der Waals surface area contributed by atoms with E-state index in [2.05, 4.69) is 112 Å². The molecule has 5 rings (SSSR count). The van der Waals surface area contributed by atoms with E-state index in [0.717, 1.165) is 12.8 Å². The van der Waals surface area contributed by atoms with Crippen LogP contribution in [0.4, 0.5) is 0 Å². The monoisotopic (exact) mass is 561 g/mol. The molecular weight excluding hydrogens is 534 g/mol. The average Bonchev–Trinajstić information content (AvgIpc) is 3.15. The summed E-state index contributed by atoms with van der Waals surface area (Å²) < 4.78 is 0. The Bertz CT molecular complexity index is 1220. The van der Waals surface area contributed by atoms with Gasteiger partial charge in [0, 0.05) is 0 Å². The first kappa shape index (κ1) is 28.6. The van der Waals surface area contributed by atoms with Crippen molar-refractivity contribution in [3.8, 4) is 22.3 Å². The third kappa shape index (κ3) is 5.76. The van der Waals surface area contributed by atoms with E-state index >= 15 is 0 Å². The summed E-state index contributed by atoms with van der Waals surface area (Å²) in [4.78, 5) is 0. The molecule has 0 spiro atoms. The standard InChI is InChI=1S/C31H29.2ClH.Zr/c1-21(23(3)25-10-6-4-7-11-25)16-24-14-15-29-28(18-24)19-27-17-22(2)30(20-31(27)29)26-12-8-5-9-13-26;;;/h4-15,17,20-21,23H,16,19H2,1-3H3;2*1H;/q-1;;;+3/p-2. The van der Waals surface area contributed by atoms with Crippen LogP contribution in [0.25, 0.3) is 22.3 Å². The third-order valence-corrected chi connectivity index (χ3v) is 7.00. The third-order valence-electron chi connectivity index (χ3n) is 7.00. The molecule has 0 N–H and O–H groups in total. The summed E-state index contributed by atoms with van der Waals surface area (Å²) >= 11 is 0. The zero-order chi connectivity index (χ0) is 21.4. The Morgan fingerprint density at radius 3 is 2.09 bits per heavy atom. The Hall–Kier alpha value is -1.66. The number of halogens is 2. The summed E-state index contributed by atoms with van der Waals surface area (Å²) in [5.74, 6) is 1.11. The van der Waals surface area contributed by atoms with Crippen LogP contribution >= 0.6 is 0 Å². The molecule has 0 aliphatic heterocycles. The molecule has 1 aliphatic rings. The normalized spacial score (nSPS) is 12.8. The Labute approximate surface area is 236 Å². The minimum atomic E-state index is 0. The van der Waals surface area contributed by atoms with E-state index in [1.165, 1.54) is 50.1 Å². The second kappa shape index (κ2) is 12.3. The molecule has 0 nitrogen and oxygen atoms in total.